The van der Waals surface area contributed by atoms with Crippen molar-refractivity contribution in [2.45, 2.75) is 31.2 Å². The molecule has 1 saturated heterocycles. The lowest BCUT2D eigenvalue weighted by Crippen LogP contribution is -2.45. The van der Waals surface area contributed by atoms with Crippen molar-refractivity contribution < 1.29 is 24.2 Å². The maximum absolute atomic E-state index is 12.0. The van der Waals surface area contributed by atoms with Crippen molar-refractivity contribution in [1.82, 2.24) is 4.90 Å². The van der Waals surface area contributed by atoms with Crippen molar-refractivity contribution in [3.8, 4) is 0 Å². The number of carboxylic acid groups (broad SMARTS) is 1. The number of aliphatic carboxylic acids is 1. The number of hydrogen-bond donors (Lipinski definition) is 1. The molecule has 0 aliphatic carbocycles. The minimum absolute atomic E-state index is 0.0724. The number of amides is 1. The van der Waals surface area contributed by atoms with Gasteiger partial charge in [0.05, 0.1) is 13.2 Å². The lowest BCUT2D eigenvalue weighted by Gasteiger charge is -2.24. The van der Waals surface area contributed by atoms with Gasteiger partial charge in [0.25, 0.3) is 0 Å². The first-order valence-corrected chi connectivity index (χ1v) is 8.16. The lowest BCUT2D eigenvalue weighted by molar-refractivity contribution is -0.151. The number of likely N-dealkylation sites (tertiary alicyclic amines) is 1. The largest absolute Gasteiger partial charge is 0.480 e. The highest BCUT2D eigenvalue weighted by Gasteiger charge is 2.38. The second-order valence-electron chi connectivity index (χ2n) is 5.34. The van der Waals surface area contributed by atoms with E-state index in [1.807, 2.05) is 30.3 Å². The molecule has 0 bridgehead atoms. The van der Waals surface area contributed by atoms with Crippen LogP contribution in [0.5, 0.6) is 0 Å². The van der Waals surface area contributed by atoms with Crippen LogP contribution in [0.25, 0.3) is 0 Å². The van der Waals surface area contributed by atoms with Gasteiger partial charge in [0.15, 0.2) is 11.2 Å². The topological polar surface area (TPSA) is 83.9 Å². The Bertz CT molecular complexity index is 577. The van der Waals surface area contributed by atoms with Crippen molar-refractivity contribution >= 4 is 28.8 Å². The predicted molar refractivity (Wildman–Crippen MR) is 85.9 cm³/mol. The fraction of sp³-hybridized carbons (Fsp3) is 0.438. The molecule has 0 aromatic heterocycles. The molecule has 1 aliphatic heterocycles. The predicted octanol–water partition coefficient (Wildman–Crippen LogP) is 1.54. The molecule has 0 spiro atoms. The Labute approximate surface area is 138 Å². The number of rotatable bonds is 7. The second-order valence-corrected chi connectivity index (χ2v) is 6.81. The molecule has 23 heavy (non-hydrogen) atoms. The third-order valence-corrected chi connectivity index (χ3v) is 4.49. The van der Waals surface area contributed by atoms with Crippen LogP contribution in [0.3, 0.4) is 0 Å². The summed E-state index contributed by atoms with van der Waals surface area (Å²) in [5.74, 6) is -1.35. The molecule has 1 aromatic rings. The summed E-state index contributed by atoms with van der Waals surface area (Å²) in [6.07, 6.45) is 0.187. The van der Waals surface area contributed by atoms with Gasteiger partial charge in [-0.25, -0.2) is 4.79 Å². The zero-order valence-corrected chi connectivity index (χ0v) is 13.6. The van der Waals surface area contributed by atoms with Gasteiger partial charge in [0.1, 0.15) is 0 Å². The van der Waals surface area contributed by atoms with Crippen molar-refractivity contribution in [2.75, 3.05) is 13.2 Å². The van der Waals surface area contributed by atoms with Crippen LogP contribution in [-0.4, -0.2) is 51.4 Å². The first kappa shape index (κ1) is 17.5. The Morgan fingerprint density at radius 3 is 2.70 bits per heavy atom. The number of benzene rings is 1. The average Bonchev–Trinajstić information content (AvgIpc) is 2.83. The van der Waals surface area contributed by atoms with Crippen LogP contribution >= 0.6 is 11.8 Å². The van der Waals surface area contributed by atoms with E-state index in [0.29, 0.717) is 0 Å². The van der Waals surface area contributed by atoms with Crippen LogP contribution in [0.2, 0.25) is 0 Å². The summed E-state index contributed by atoms with van der Waals surface area (Å²) in [5, 5.41) is 9.11. The van der Waals surface area contributed by atoms with Gasteiger partial charge < -0.3 is 14.7 Å². The molecule has 1 heterocycles. The van der Waals surface area contributed by atoms with E-state index < -0.39 is 12.0 Å². The minimum Gasteiger partial charge on any atom is -0.480 e. The molecule has 2 atom stereocenters. The molecule has 1 aliphatic rings. The van der Waals surface area contributed by atoms with Crippen LogP contribution in [0.1, 0.15) is 18.9 Å². The third-order valence-electron chi connectivity index (χ3n) is 3.50. The van der Waals surface area contributed by atoms with E-state index in [0.717, 1.165) is 17.3 Å². The molecule has 6 nitrogen and oxygen atoms in total. The molecule has 1 aromatic carbocycles. The maximum atomic E-state index is 12.0. The van der Waals surface area contributed by atoms with Gasteiger partial charge in [-0.1, -0.05) is 42.1 Å². The van der Waals surface area contributed by atoms with Crippen LogP contribution in [0.4, 0.5) is 0 Å². The number of carbonyl (C=O) groups is 3. The first-order valence-electron chi connectivity index (χ1n) is 7.28. The van der Waals surface area contributed by atoms with E-state index in [1.54, 1.807) is 0 Å². The number of thioether (sulfide) groups is 1. The van der Waals surface area contributed by atoms with Crippen molar-refractivity contribution in [2.24, 2.45) is 0 Å². The molecule has 2 rings (SSSR count). The fourth-order valence-corrected chi connectivity index (χ4v) is 3.40. The van der Waals surface area contributed by atoms with Crippen LogP contribution < -0.4 is 0 Å². The summed E-state index contributed by atoms with van der Waals surface area (Å²) in [4.78, 5) is 35.9. The van der Waals surface area contributed by atoms with E-state index >= 15 is 0 Å². The fourth-order valence-electron chi connectivity index (χ4n) is 2.47. The number of ether oxygens (including phenoxy) is 1. The van der Waals surface area contributed by atoms with Crippen molar-refractivity contribution in [3.63, 3.8) is 0 Å². The van der Waals surface area contributed by atoms with Gasteiger partial charge in [-0.2, -0.15) is 0 Å². The molecule has 1 unspecified atom stereocenters. The lowest BCUT2D eigenvalue weighted by atomic mass is 10.2. The SMILES string of the molecule is CC(=O)SC1CC(=O)N([C@@H](COCc2ccccc2)C(=O)O)C1. The van der Waals surface area contributed by atoms with Gasteiger partial charge in [-0.15, -0.1) is 0 Å². The minimum atomic E-state index is -1.10. The molecule has 1 N–H and O–H groups in total. The van der Waals surface area contributed by atoms with Crippen molar-refractivity contribution in [3.05, 3.63) is 35.9 Å². The van der Waals surface area contributed by atoms with Gasteiger partial charge >= 0.3 is 5.97 Å². The Hall–Kier alpha value is -1.86. The highest BCUT2D eigenvalue weighted by atomic mass is 32.2. The number of carboxylic acids is 1. The van der Waals surface area contributed by atoms with Crippen LogP contribution in [-0.2, 0) is 25.7 Å². The van der Waals surface area contributed by atoms with Crippen LogP contribution in [0, 0.1) is 0 Å². The number of hydrogen-bond acceptors (Lipinski definition) is 5. The number of nitrogens with zero attached hydrogens (tertiary/aromatic N) is 1. The maximum Gasteiger partial charge on any atom is 0.328 e. The Morgan fingerprint density at radius 2 is 2.09 bits per heavy atom. The summed E-state index contributed by atoms with van der Waals surface area (Å²) >= 11 is 1.08. The zero-order chi connectivity index (χ0) is 16.8. The summed E-state index contributed by atoms with van der Waals surface area (Å²) < 4.78 is 5.47. The average molecular weight is 337 g/mol. The summed E-state index contributed by atoms with van der Waals surface area (Å²) in [5.41, 5.74) is 0.939. The van der Waals surface area contributed by atoms with Gasteiger partial charge in [0, 0.05) is 25.1 Å². The molecular weight excluding hydrogens is 318 g/mol. The van der Waals surface area contributed by atoms with E-state index in [9.17, 15) is 19.5 Å². The molecule has 0 saturated carbocycles. The summed E-state index contributed by atoms with van der Waals surface area (Å²) in [6, 6.07) is 8.39. The van der Waals surface area contributed by atoms with E-state index in [1.165, 1.54) is 11.8 Å². The quantitative estimate of drug-likeness (QED) is 0.812. The molecule has 1 amide bonds. The molecular formula is C16H19NO5S. The van der Waals surface area contributed by atoms with Crippen molar-refractivity contribution in [1.29, 1.82) is 0 Å². The molecule has 124 valence electrons. The number of carbonyl (C=O) groups excluding carboxylic acids is 2. The first-order chi connectivity index (χ1) is 11.0. The Kier molecular flexibility index (Phi) is 6.18. The Morgan fingerprint density at radius 1 is 1.39 bits per heavy atom. The summed E-state index contributed by atoms with van der Waals surface area (Å²) in [6.45, 7) is 1.91. The molecule has 1 fully saturated rings. The standard InChI is InChI=1S/C16H19NO5S/c1-11(18)23-13-7-15(19)17(8-13)14(16(20)21)10-22-9-12-5-3-2-4-6-12/h2-6,13-14H,7-10H2,1H3,(H,20,21)/t13?,14-/m0/s1. The zero-order valence-electron chi connectivity index (χ0n) is 12.8. The second kappa shape index (κ2) is 8.12. The molecule has 7 heteroatoms. The Balaban J connectivity index is 1.92. The normalized spacial score (nSPS) is 18.9. The third kappa shape index (κ3) is 5.07. The molecule has 0 radical (unpaired) electrons. The van der Waals surface area contributed by atoms with E-state index in [-0.39, 0.29) is 42.5 Å². The highest BCUT2D eigenvalue weighted by Crippen LogP contribution is 2.26. The van der Waals surface area contributed by atoms with Crippen LogP contribution in [0.15, 0.2) is 30.3 Å². The monoisotopic (exact) mass is 337 g/mol. The van der Waals surface area contributed by atoms with Gasteiger partial charge in [-0.3, -0.25) is 9.59 Å². The van der Waals surface area contributed by atoms with Gasteiger partial charge in [-0.05, 0) is 5.56 Å². The highest BCUT2D eigenvalue weighted by molar-refractivity contribution is 8.14. The summed E-state index contributed by atoms with van der Waals surface area (Å²) in [7, 11) is 0. The van der Waals surface area contributed by atoms with Gasteiger partial charge in [0.2, 0.25) is 5.91 Å². The van der Waals surface area contributed by atoms with E-state index in [2.05, 4.69) is 0 Å². The van der Waals surface area contributed by atoms with E-state index in [4.69, 9.17) is 4.74 Å². The smallest absolute Gasteiger partial charge is 0.328 e.